The summed E-state index contributed by atoms with van der Waals surface area (Å²) >= 11 is 0. The predicted molar refractivity (Wildman–Crippen MR) is 117 cm³/mol. The fraction of sp³-hybridized carbons (Fsp3) is 0.375. The fourth-order valence-corrected chi connectivity index (χ4v) is 3.18. The Balaban J connectivity index is 2.02. The number of hydrogen-bond donors (Lipinski definition) is 1. The van der Waals surface area contributed by atoms with Gasteiger partial charge in [-0.3, -0.25) is 9.69 Å². The first-order valence-corrected chi connectivity index (χ1v) is 10.0. The molecule has 0 heterocycles. The van der Waals surface area contributed by atoms with Gasteiger partial charge in [0.2, 0.25) is 5.91 Å². The molecule has 0 aliphatic rings. The number of aliphatic hydroxyl groups excluding tert-OH is 1. The standard InChI is InChI=1S/C24H32N2O3/c1-3-14-25(18-19-27)16-17-26(15-13-21-7-5-4-6-8-21)24(28)20-22-9-11-23(29-2)12-10-22/h3-12,27H,1,13-20H2,2H3. The van der Waals surface area contributed by atoms with Gasteiger partial charge in [0.1, 0.15) is 5.75 Å². The van der Waals surface area contributed by atoms with Gasteiger partial charge in [0.25, 0.3) is 0 Å². The zero-order chi connectivity index (χ0) is 20.9. The molecule has 0 saturated heterocycles. The molecule has 0 spiro atoms. The van der Waals surface area contributed by atoms with Crippen molar-refractivity contribution in [3.8, 4) is 5.75 Å². The summed E-state index contributed by atoms with van der Waals surface area (Å²) in [6.07, 6.45) is 3.00. The van der Waals surface area contributed by atoms with Crippen molar-refractivity contribution in [3.05, 3.63) is 78.4 Å². The normalized spacial score (nSPS) is 10.7. The van der Waals surface area contributed by atoms with Gasteiger partial charge < -0.3 is 14.7 Å². The SMILES string of the molecule is C=CCN(CCO)CCN(CCc1ccccc1)C(=O)Cc1ccc(OC)cc1. The monoisotopic (exact) mass is 396 g/mol. The Morgan fingerprint density at radius 1 is 1.00 bits per heavy atom. The topological polar surface area (TPSA) is 53.0 Å². The first-order chi connectivity index (χ1) is 14.2. The summed E-state index contributed by atoms with van der Waals surface area (Å²) < 4.78 is 5.19. The van der Waals surface area contributed by atoms with Crippen LogP contribution in [0.3, 0.4) is 0 Å². The number of carbonyl (C=O) groups excluding carboxylic acids is 1. The maximum Gasteiger partial charge on any atom is 0.227 e. The summed E-state index contributed by atoms with van der Waals surface area (Å²) in [5.41, 5.74) is 2.19. The molecule has 0 unspecified atom stereocenters. The highest BCUT2D eigenvalue weighted by Crippen LogP contribution is 2.13. The van der Waals surface area contributed by atoms with Crippen molar-refractivity contribution >= 4 is 5.91 Å². The Hall–Kier alpha value is -2.63. The summed E-state index contributed by atoms with van der Waals surface area (Å²) in [5, 5.41) is 9.26. The highest BCUT2D eigenvalue weighted by molar-refractivity contribution is 5.78. The number of methoxy groups -OCH3 is 1. The van der Waals surface area contributed by atoms with Crippen molar-refractivity contribution in [1.29, 1.82) is 0 Å². The number of nitrogens with zero attached hydrogens (tertiary/aromatic N) is 2. The molecule has 0 aromatic heterocycles. The summed E-state index contributed by atoms with van der Waals surface area (Å²) in [5.74, 6) is 0.889. The van der Waals surface area contributed by atoms with Gasteiger partial charge in [0, 0.05) is 32.7 Å². The van der Waals surface area contributed by atoms with E-state index >= 15 is 0 Å². The Morgan fingerprint density at radius 3 is 2.34 bits per heavy atom. The van der Waals surface area contributed by atoms with Gasteiger partial charge in [-0.1, -0.05) is 48.5 Å². The molecule has 0 aliphatic carbocycles. The summed E-state index contributed by atoms with van der Waals surface area (Å²) in [7, 11) is 1.63. The quantitative estimate of drug-likeness (QED) is 0.529. The maximum atomic E-state index is 13.0. The molecule has 5 nitrogen and oxygen atoms in total. The molecule has 0 radical (unpaired) electrons. The number of ether oxygens (including phenoxy) is 1. The summed E-state index contributed by atoms with van der Waals surface area (Å²) in [6, 6.07) is 17.8. The van der Waals surface area contributed by atoms with E-state index in [0.717, 1.165) is 17.7 Å². The molecule has 2 aromatic rings. The molecule has 0 saturated carbocycles. The van der Waals surface area contributed by atoms with Crippen LogP contribution in [0, 0.1) is 0 Å². The zero-order valence-electron chi connectivity index (χ0n) is 17.3. The maximum absolute atomic E-state index is 13.0. The second kappa shape index (κ2) is 12.8. The third-order valence-electron chi connectivity index (χ3n) is 4.87. The number of carbonyl (C=O) groups is 1. The molecule has 0 aliphatic heterocycles. The fourth-order valence-electron chi connectivity index (χ4n) is 3.18. The Bertz CT molecular complexity index is 732. The molecular weight excluding hydrogens is 364 g/mol. The van der Waals surface area contributed by atoms with Crippen LogP contribution in [-0.2, 0) is 17.6 Å². The van der Waals surface area contributed by atoms with Crippen LogP contribution >= 0.6 is 0 Å². The van der Waals surface area contributed by atoms with Crippen molar-refractivity contribution in [3.63, 3.8) is 0 Å². The molecule has 2 aromatic carbocycles. The average Bonchev–Trinajstić information content (AvgIpc) is 2.75. The molecule has 29 heavy (non-hydrogen) atoms. The molecule has 2 rings (SSSR count). The molecule has 0 atom stereocenters. The van der Waals surface area contributed by atoms with Crippen LogP contribution in [0.25, 0.3) is 0 Å². The number of aliphatic hydroxyl groups is 1. The lowest BCUT2D eigenvalue weighted by Crippen LogP contribution is -2.41. The smallest absolute Gasteiger partial charge is 0.227 e. The van der Waals surface area contributed by atoms with E-state index in [0.29, 0.717) is 39.1 Å². The largest absolute Gasteiger partial charge is 0.497 e. The second-order valence-corrected chi connectivity index (χ2v) is 6.95. The lowest BCUT2D eigenvalue weighted by atomic mass is 10.1. The lowest BCUT2D eigenvalue weighted by Gasteiger charge is -2.27. The van der Waals surface area contributed by atoms with Crippen molar-refractivity contribution < 1.29 is 14.6 Å². The number of hydrogen-bond acceptors (Lipinski definition) is 4. The van der Waals surface area contributed by atoms with Gasteiger partial charge >= 0.3 is 0 Å². The highest BCUT2D eigenvalue weighted by Gasteiger charge is 2.16. The van der Waals surface area contributed by atoms with Crippen LogP contribution in [0.4, 0.5) is 0 Å². The Labute approximate surface area is 174 Å². The summed E-state index contributed by atoms with van der Waals surface area (Å²) in [4.78, 5) is 17.0. The van der Waals surface area contributed by atoms with Crippen LogP contribution in [0.15, 0.2) is 67.3 Å². The van der Waals surface area contributed by atoms with E-state index < -0.39 is 0 Å². The van der Waals surface area contributed by atoms with Gasteiger partial charge in [-0.15, -0.1) is 6.58 Å². The van der Waals surface area contributed by atoms with E-state index in [9.17, 15) is 9.90 Å². The van der Waals surface area contributed by atoms with Crippen molar-refractivity contribution in [2.75, 3.05) is 46.4 Å². The van der Waals surface area contributed by atoms with Gasteiger partial charge in [0.15, 0.2) is 0 Å². The van der Waals surface area contributed by atoms with Crippen LogP contribution in [0.2, 0.25) is 0 Å². The van der Waals surface area contributed by atoms with E-state index in [1.54, 1.807) is 7.11 Å². The molecule has 156 valence electrons. The van der Waals surface area contributed by atoms with Crippen LogP contribution < -0.4 is 4.74 Å². The average molecular weight is 397 g/mol. The minimum Gasteiger partial charge on any atom is -0.497 e. The number of rotatable bonds is 13. The third-order valence-corrected chi connectivity index (χ3v) is 4.87. The van der Waals surface area contributed by atoms with E-state index in [4.69, 9.17) is 4.74 Å². The van der Waals surface area contributed by atoms with Crippen LogP contribution in [0.1, 0.15) is 11.1 Å². The minimum absolute atomic E-state index is 0.0949. The lowest BCUT2D eigenvalue weighted by molar-refractivity contribution is -0.130. The molecule has 0 bridgehead atoms. The van der Waals surface area contributed by atoms with E-state index in [1.807, 2.05) is 53.4 Å². The molecule has 0 fully saturated rings. The second-order valence-electron chi connectivity index (χ2n) is 6.95. The third kappa shape index (κ3) is 8.10. The van der Waals surface area contributed by atoms with Crippen molar-refractivity contribution in [1.82, 2.24) is 9.80 Å². The minimum atomic E-state index is 0.0949. The van der Waals surface area contributed by atoms with Gasteiger partial charge in [-0.05, 0) is 29.7 Å². The van der Waals surface area contributed by atoms with E-state index in [2.05, 4.69) is 23.6 Å². The van der Waals surface area contributed by atoms with Gasteiger partial charge in [0.05, 0.1) is 20.1 Å². The van der Waals surface area contributed by atoms with Crippen LogP contribution in [-0.4, -0.2) is 67.3 Å². The van der Waals surface area contributed by atoms with Crippen molar-refractivity contribution in [2.45, 2.75) is 12.8 Å². The van der Waals surface area contributed by atoms with E-state index in [1.165, 1.54) is 5.56 Å². The predicted octanol–water partition coefficient (Wildman–Crippen LogP) is 2.79. The molecule has 1 N–H and O–H groups in total. The van der Waals surface area contributed by atoms with Crippen LogP contribution in [0.5, 0.6) is 5.75 Å². The van der Waals surface area contributed by atoms with Gasteiger partial charge in [-0.25, -0.2) is 0 Å². The zero-order valence-corrected chi connectivity index (χ0v) is 17.3. The first-order valence-electron chi connectivity index (χ1n) is 10.0. The van der Waals surface area contributed by atoms with Crippen molar-refractivity contribution in [2.24, 2.45) is 0 Å². The molecule has 5 heteroatoms. The number of amides is 1. The number of benzene rings is 2. The van der Waals surface area contributed by atoms with Gasteiger partial charge in [-0.2, -0.15) is 0 Å². The van der Waals surface area contributed by atoms with E-state index in [-0.39, 0.29) is 12.5 Å². The Kier molecular flexibility index (Phi) is 9.96. The molecular formula is C24H32N2O3. The molecule has 1 amide bonds. The highest BCUT2D eigenvalue weighted by atomic mass is 16.5. The summed E-state index contributed by atoms with van der Waals surface area (Å²) in [6.45, 7) is 7.13. The Morgan fingerprint density at radius 2 is 1.72 bits per heavy atom. The first kappa shape index (κ1) is 22.7.